The summed E-state index contributed by atoms with van der Waals surface area (Å²) in [5.74, 6) is 1.80. The molecule has 2 aromatic carbocycles. The van der Waals surface area contributed by atoms with Crippen LogP contribution >= 0.6 is 15.9 Å². The van der Waals surface area contributed by atoms with Gasteiger partial charge in [-0.25, -0.2) is 4.98 Å². The Morgan fingerprint density at radius 3 is 2.77 bits per heavy atom. The molecule has 0 amide bonds. The number of ether oxygens (including phenoxy) is 1. The Kier molecular flexibility index (Phi) is 5.46. The van der Waals surface area contributed by atoms with E-state index in [4.69, 9.17) is 9.72 Å². The third kappa shape index (κ3) is 3.72. The summed E-state index contributed by atoms with van der Waals surface area (Å²) in [6, 6.07) is 13.7. The molecule has 5 rings (SSSR count). The van der Waals surface area contributed by atoms with E-state index in [1.165, 1.54) is 39.5 Å². The van der Waals surface area contributed by atoms with E-state index in [9.17, 15) is 0 Å². The summed E-state index contributed by atoms with van der Waals surface area (Å²) in [6.45, 7) is 7.52. The van der Waals surface area contributed by atoms with Gasteiger partial charge in [-0.15, -0.1) is 0 Å². The van der Waals surface area contributed by atoms with Crippen molar-refractivity contribution < 1.29 is 4.74 Å². The van der Waals surface area contributed by atoms with Crippen molar-refractivity contribution in [2.75, 3.05) is 26.7 Å². The van der Waals surface area contributed by atoms with Gasteiger partial charge in [0.1, 0.15) is 5.82 Å². The van der Waals surface area contributed by atoms with E-state index in [0.29, 0.717) is 12.0 Å². The molecule has 0 N–H and O–H groups in total. The lowest BCUT2D eigenvalue weighted by atomic mass is 9.98. The quantitative estimate of drug-likeness (QED) is 0.534. The zero-order chi connectivity index (χ0) is 20.8. The summed E-state index contributed by atoms with van der Waals surface area (Å²) in [5.41, 5.74) is 6.63. The first-order chi connectivity index (χ1) is 14.5. The highest BCUT2D eigenvalue weighted by molar-refractivity contribution is 9.10. The van der Waals surface area contributed by atoms with E-state index in [0.717, 1.165) is 37.4 Å². The molecule has 1 fully saturated rings. The lowest BCUT2D eigenvalue weighted by Gasteiger charge is -2.40. The fourth-order valence-electron chi connectivity index (χ4n) is 5.58. The topological polar surface area (TPSA) is 30.3 Å². The van der Waals surface area contributed by atoms with Crippen molar-refractivity contribution in [3.05, 3.63) is 63.4 Å². The predicted octanol–water partition coefficient (Wildman–Crippen LogP) is 5.09. The van der Waals surface area contributed by atoms with Crippen LogP contribution in [0.1, 0.15) is 35.0 Å². The molecule has 0 unspecified atom stereocenters. The smallest absolute Gasteiger partial charge is 0.107 e. The van der Waals surface area contributed by atoms with Crippen LogP contribution in [0.3, 0.4) is 0 Å². The maximum atomic E-state index is 6.03. The van der Waals surface area contributed by atoms with Crippen molar-refractivity contribution >= 4 is 27.0 Å². The van der Waals surface area contributed by atoms with Crippen LogP contribution in [0, 0.1) is 19.8 Å². The molecule has 0 spiro atoms. The SMILES string of the molecule is CO[C@@H]1CN(C[C@H]2Cc3ccc(Br)cc3C2)CC[C@@H]1n1c(C)nc2cc(C)ccc21. The molecule has 5 heteroatoms. The van der Waals surface area contributed by atoms with Crippen LogP contribution in [0.25, 0.3) is 11.0 Å². The summed E-state index contributed by atoms with van der Waals surface area (Å²) in [6.07, 6.45) is 3.68. The van der Waals surface area contributed by atoms with E-state index < -0.39 is 0 Å². The van der Waals surface area contributed by atoms with Crippen molar-refractivity contribution in [2.24, 2.45) is 5.92 Å². The maximum Gasteiger partial charge on any atom is 0.107 e. The predicted molar refractivity (Wildman–Crippen MR) is 125 cm³/mol. The van der Waals surface area contributed by atoms with E-state index >= 15 is 0 Å². The van der Waals surface area contributed by atoms with Crippen LogP contribution in [0.5, 0.6) is 0 Å². The number of imidazole rings is 1. The standard InChI is InChI=1S/C25H30BrN3O/c1-16-4-7-23-22(10-16)27-17(2)29(23)24-8-9-28(15-25(24)30-3)14-18-11-19-5-6-21(26)13-20(19)12-18/h4-7,10,13,18,24-25H,8-9,11-12,14-15H2,1-3H3/t18-,24-,25+/m0/s1. The van der Waals surface area contributed by atoms with Crippen LogP contribution in [0.15, 0.2) is 40.9 Å². The van der Waals surface area contributed by atoms with Crippen molar-refractivity contribution in [1.82, 2.24) is 14.5 Å². The minimum atomic E-state index is 0.189. The van der Waals surface area contributed by atoms with Gasteiger partial charge in [0.05, 0.1) is 23.2 Å². The Morgan fingerprint density at radius 1 is 1.10 bits per heavy atom. The zero-order valence-electron chi connectivity index (χ0n) is 18.1. The van der Waals surface area contributed by atoms with E-state index in [1.807, 2.05) is 7.11 Å². The molecule has 0 bridgehead atoms. The fraction of sp³-hybridized carbons (Fsp3) is 0.480. The van der Waals surface area contributed by atoms with Gasteiger partial charge in [-0.3, -0.25) is 0 Å². The highest BCUT2D eigenvalue weighted by Crippen LogP contribution is 2.33. The Morgan fingerprint density at radius 2 is 1.93 bits per heavy atom. The number of aromatic nitrogens is 2. The minimum Gasteiger partial charge on any atom is -0.378 e. The van der Waals surface area contributed by atoms with Crippen molar-refractivity contribution in [3.8, 4) is 0 Å². The number of aryl methyl sites for hydroxylation is 2. The monoisotopic (exact) mass is 467 g/mol. The summed E-state index contributed by atoms with van der Waals surface area (Å²) < 4.78 is 9.65. The van der Waals surface area contributed by atoms with Crippen molar-refractivity contribution in [2.45, 2.75) is 45.3 Å². The first-order valence-corrected chi connectivity index (χ1v) is 11.8. The number of piperidine rings is 1. The molecule has 3 aromatic rings. The van der Waals surface area contributed by atoms with Gasteiger partial charge >= 0.3 is 0 Å². The zero-order valence-corrected chi connectivity index (χ0v) is 19.7. The Hall–Kier alpha value is -1.69. The molecule has 0 radical (unpaired) electrons. The first-order valence-electron chi connectivity index (χ1n) is 11.0. The van der Waals surface area contributed by atoms with Gasteiger partial charge in [-0.05, 0) is 80.0 Å². The average Bonchev–Trinajstić information content (AvgIpc) is 3.26. The third-order valence-corrected chi connectivity index (χ3v) is 7.46. The molecule has 4 nitrogen and oxygen atoms in total. The van der Waals surface area contributed by atoms with Gasteiger partial charge in [0.15, 0.2) is 0 Å². The third-order valence-electron chi connectivity index (χ3n) is 6.97. The van der Waals surface area contributed by atoms with Crippen LogP contribution in [0.4, 0.5) is 0 Å². The molecule has 1 aliphatic carbocycles. The second kappa shape index (κ2) is 8.10. The number of hydrogen-bond acceptors (Lipinski definition) is 3. The van der Waals surface area contributed by atoms with Crippen LogP contribution in [-0.2, 0) is 17.6 Å². The van der Waals surface area contributed by atoms with Crippen LogP contribution in [0.2, 0.25) is 0 Å². The number of rotatable bonds is 4. The molecule has 2 heterocycles. The Bertz CT molecular complexity index is 1080. The first kappa shape index (κ1) is 20.2. The Balaban J connectivity index is 1.30. The molecule has 1 aliphatic heterocycles. The number of likely N-dealkylation sites (tertiary alicyclic amines) is 1. The van der Waals surface area contributed by atoms with Gasteiger partial charge in [0, 0.05) is 31.2 Å². The fourth-order valence-corrected chi connectivity index (χ4v) is 5.99. The lowest BCUT2D eigenvalue weighted by Crippen LogP contribution is -2.47. The van der Waals surface area contributed by atoms with Gasteiger partial charge in [-0.1, -0.05) is 28.1 Å². The van der Waals surface area contributed by atoms with Gasteiger partial charge < -0.3 is 14.2 Å². The van der Waals surface area contributed by atoms with Gasteiger partial charge in [0.25, 0.3) is 0 Å². The summed E-state index contributed by atoms with van der Waals surface area (Å²) >= 11 is 3.62. The molecule has 1 aromatic heterocycles. The Labute approximate surface area is 187 Å². The highest BCUT2D eigenvalue weighted by Gasteiger charge is 2.34. The normalized spacial score (nSPS) is 24.5. The van der Waals surface area contributed by atoms with E-state index in [2.05, 4.69) is 75.6 Å². The number of hydrogen-bond donors (Lipinski definition) is 0. The largest absolute Gasteiger partial charge is 0.378 e. The number of halogens is 1. The van der Waals surface area contributed by atoms with Crippen molar-refractivity contribution in [1.29, 1.82) is 0 Å². The minimum absolute atomic E-state index is 0.189. The molecule has 30 heavy (non-hydrogen) atoms. The van der Waals surface area contributed by atoms with Gasteiger partial charge in [0.2, 0.25) is 0 Å². The molecule has 158 valence electrons. The number of methoxy groups -OCH3 is 1. The van der Waals surface area contributed by atoms with E-state index in [-0.39, 0.29) is 6.10 Å². The molecule has 1 saturated heterocycles. The lowest BCUT2D eigenvalue weighted by molar-refractivity contribution is -0.00928. The molecular weight excluding hydrogens is 438 g/mol. The molecular formula is C25H30BrN3O. The van der Waals surface area contributed by atoms with Crippen LogP contribution in [-0.4, -0.2) is 47.3 Å². The summed E-state index contributed by atoms with van der Waals surface area (Å²) in [7, 11) is 1.86. The van der Waals surface area contributed by atoms with Crippen LogP contribution < -0.4 is 0 Å². The number of fused-ring (bicyclic) bond motifs is 2. The number of benzene rings is 2. The second-order valence-corrected chi connectivity index (χ2v) is 10.0. The highest BCUT2D eigenvalue weighted by atomic mass is 79.9. The maximum absolute atomic E-state index is 6.03. The summed E-state index contributed by atoms with van der Waals surface area (Å²) in [4.78, 5) is 7.46. The molecule has 2 aliphatic rings. The molecule has 3 atom stereocenters. The van der Waals surface area contributed by atoms with Gasteiger partial charge in [-0.2, -0.15) is 0 Å². The molecule has 0 saturated carbocycles. The number of nitrogens with zero attached hydrogens (tertiary/aromatic N) is 3. The second-order valence-electron chi connectivity index (χ2n) is 9.10. The summed E-state index contributed by atoms with van der Waals surface area (Å²) in [5, 5.41) is 0. The van der Waals surface area contributed by atoms with E-state index in [1.54, 1.807) is 0 Å². The van der Waals surface area contributed by atoms with Crippen molar-refractivity contribution in [3.63, 3.8) is 0 Å². The average molecular weight is 468 g/mol.